The first-order chi connectivity index (χ1) is 10.4. The summed E-state index contributed by atoms with van der Waals surface area (Å²) in [5.41, 5.74) is 1.06. The first-order valence-electron chi connectivity index (χ1n) is 6.22. The molecule has 0 amide bonds. The Labute approximate surface area is 135 Å². The van der Waals surface area contributed by atoms with Crippen molar-refractivity contribution in [3.63, 3.8) is 0 Å². The van der Waals surface area contributed by atoms with Crippen LogP contribution in [0.25, 0.3) is 0 Å². The standard InChI is InChI=1S/C13H14BrNO6S/c14-8-9-1-3-11(4-2-9)22(19,20)21-15-12(17)7-10(5-6-16)13(15)18/h1-4,7,16-18H,5-6,8H2. The highest BCUT2D eigenvalue weighted by atomic mass is 79.9. The lowest BCUT2D eigenvalue weighted by Gasteiger charge is -2.09. The quantitative estimate of drug-likeness (QED) is 0.637. The maximum atomic E-state index is 12.1. The lowest BCUT2D eigenvalue weighted by molar-refractivity contribution is 0.201. The summed E-state index contributed by atoms with van der Waals surface area (Å²) in [5, 5.41) is 28.9. The number of hydrogen-bond donors (Lipinski definition) is 3. The van der Waals surface area contributed by atoms with Crippen LogP contribution in [0.3, 0.4) is 0 Å². The smallest absolute Gasteiger partial charge is 0.357 e. The number of hydrogen-bond acceptors (Lipinski definition) is 6. The predicted molar refractivity (Wildman–Crippen MR) is 81.4 cm³/mol. The Kier molecular flexibility index (Phi) is 4.99. The highest BCUT2D eigenvalue weighted by molar-refractivity contribution is 9.08. The molecule has 7 nitrogen and oxygen atoms in total. The number of nitrogens with zero attached hydrogens (tertiary/aromatic N) is 1. The number of aliphatic hydroxyl groups is 1. The van der Waals surface area contributed by atoms with Gasteiger partial charge in [0, 0.05) is 30.0 Å². The van der Waals surface area contributed by atoms with Gasteiger partial charge in [-0.25, -0.2) is 0 Å². The van der Waals surface area contributed by atoms with Gasteiger partial charge in [0.25, 0.3) is 0 Å². The van der Waals surface area contributed by atoms with Crippen LogP contribution < -0.4 is 4.28 Å². The van der Waals surface area contributed by atoms with Crippen molar-refractivity contribution in [1.82, 2.24) is 4.73 Å². The summed E-state index contributed by atoms with van der Waals surface area (Å²) in [6, 6.07) is 7.06. The van der Waals surface area contributed by atoms with Crippen molar-refractivity contribution < 1.29 is 28.0 Å². The van der Waals surface area contributed by atoms with Gasteiger partial charge in [0.1, 0.15) is 4.90 Å². The molecule has 0 saturated heterocycles. The van der Waals surface area contributed by atoms with Crippen molar-refractivity contribution in [2.45, 2.75) is 16.6 Å². The largest absolute Gasteiger partial charge is 0.492 e. The molecule has 0 spiro atoms. The lowest BCUT2D eigenvalue weighted by Crippen LogP contribution is -2.19. The SMILES string of the molecule is O=S(=O)(On1c(O)cc(CCO)c1O)c1ccc(CBr)cc1. The van der Waals surface area contributed by atoms with Crippen molar-refractivity contribution in [2.75, 3.05) is 6.61 Å². The fraction of sp³-hybridized carbons (Fsp3) is 0.231. The number of aromatic nitrogens is 1. The number of halogens is 1. The van der Waals surface area contributed by atoms with E-state index < -0.39 is 21.9 Å². The molecule has 9 heteroatoms. The number of rotatable bonds is 6. The van der Waals surface area contributed by atoms with Gasteiger partial charge in [0.15, 0.2) is 0 Å². The van der Waals surface area contributed by atoms with Gasteiger partial charge in [-0.15, -0.1) is 0 Å². The van der Waals surface area contributed by atoms with Gasteiger partial charge in [-0.2, -0.15) is 8.42 Å². The van der Waals surface area contributed by atoms with Gasteiger partial charge in [-0.1, -0.05) is 32.8 Å². The van der Waals surface area contributed by atoms with Crippen LogP contribution in [0.4, 0.5) is 0 Å². The Morgan fingerprint density at radius 3 is 2.36 bits per heavy atom. The third-order valence-electron chi connectivity index (χ3n) is 2.91. The van der Waals surface area contributed by atoms with Crippen LogP contribution in [0.1, 0.15) is 11.1 Å². The Bertz CT molecular complexity index is 754. The van der Waals surface area contributed by atoms with Crippen LogP contribution in [-0.4, -0.2) is 35.1 Å². The molecule has 0 unspecified atom stereocenters. The van der Waals surface area contributed by atoms with E-state index in [0.29, 0.717) is 10.1 Å². The highest BCUT2D eigenvalue weighted by Gasteiger charge is 2.23. The molecule has 0 aliphatic heterocycles. The maximum absolute atomic E-state index is 12.1. The zero-order valence-electron chi connectivity index (χ0n) is 11.3. The fourth-order valence-electron chi connectivity index (χ4n) is 1.78. The minimum atomic E-state index is -4.22. The lowest BCUT2D eigenvalue weighted by atomic mass is 10.2. The predicted octanol–water partition coefficient (Wildman–Crippen LogP) is 1.15. The third kappa shape index (κ3) is 3.37. The van der Waals surface area contributed by atoms with Gasteiger partial charge in [-0.3, -0.25) is 4.28 Å². The van der Waals surface area contributed by atoms with E-state index in [9.17, 15) is 18.6 Å². The molecule has 3 N–H and O–H groups in total. The van der Waals surface area contributed by atoms with E-state index in [2.05, 4.69) is 15.9 Å². The summed E-state index contributed by atoms with van der Waals surface area (Å²) in [5.74, 6) is -1.16. The van der Waals surface area contributed by atoms with E-state index in [0.717, 1.165) is 11.6 Å². The number of alkyl halides is 1. The average molecular weight is 392 g/mol. The molecule has 0 aliphatic carbocycles. The minimum Gasteiger partial charge on any atom is -0.492 e. The summed E-state index contributed by atoms with van der Waals surface area (Å²) in [7, 11) is -4.22. The molecule has 120 valence electrons. The Morgan fingerprint density at radius 1 is 1.18 bits per heavy atom. The monoisotopic (exact) mass is 391 g/mol. The molecule has 0 radical (unpaired) electrons. The van der Waals surface area contributed by atoms with Crippen molar-refractivity contribution >= 4 is 26.0 Å². The minimum absolute atomic E-state index is 0.0513. The van der Waals surface area contributed by atoms with E-state index in [4.69, 9.17) is 9.39 Å². The summed E-state index contributed by atoms with van der Waals surface area (Å²) < 4.78 is 29.4. The highest BCUT2D eigenvalue weighted by Crippen LogP contribution is 2.28. The second-order valence-electron chi connectivity index (χ2n) is 4.43. The maximum Gasteiger partial charge on any atom is 0.357 e. The average Bonchev–Trinajstić information content (AvgIpc) is 2.75. The molecule has 0 aliphatic rings. The van der Waals surface area contributed by atoms with Crippen LogP contribution in [0, 0.1) is 0 Å². The fourth-order valence-corrected chi connectivity index (χ4v) is 3.05. The molecular formula is C13H14BrNO6S. The molecule has 0 bridgehead atoms. The topological polar surface area (TPSA) is 109 Å². The van der Waals surface area contributed by atoms with E-state index in [1.165, 1.54) is 12.1 Å². The third-order valence-corrected chi connectivity index (χ3v) is 4.75. The van der Waals surface area contributed by atoms with Crippen LogP contribution >= 0.6 is 15.9 Å². The molecule has 2 aromatic rings. The van der Waals surface area contributed by atoms with Crippen LogP contribution in [-0.2, 0) is 21.9 Å². The summed E-state index contributed by atoms with van der Waals surface area (Å²) >= 11 is 3.25. The van der Waals surface area contributed by atoms with E-state index in [-0.39, 0.29) is 23.5 Å². The molecule has 0 fully saturated rings. The summed E-state index contributed by atoms with van der Waals surface area (Å²) in [6.07, 6.45) is 0.0513. The van der Waals surface area contributed by atoms with Crippen molar-refractivity contribution in [1.29, 1.82) is 0 Å². The van der Waals surface area contributed by atoms with Crippen molar-refractivity contribution in [3.05, 3.63) is 41.5 Å². The zero-order valence-corrected chi connectivity index (χ0v) is 13.7. The molecule has 1 aromatic carbocycles. The number of benzene rings is 1. The molecule has 22 heavy (non-hydrogen) atoms. The molecular weight excluding hydrogens is 378 g/mol. The van der Waals surface area contributed by atoms with E-state index >= 15 is 0 Å². The molecule has 0 saturated carbocycles. The van der Waals surface area contributed by atoms with Gasteiger partial charge in [0.05, 0.1) is 0 Å². The van der Waals surface area contributed by atoms with E-state index in [1.54, 1.807) is 12.1 Å². The van der Waals surface area contributed by atoms with Crippen molar-refractivity contribution in [2.24, 2.45) is 0 Å². The van der Waals surface area contributed by atoms with Gasteiger partial charge >= 0.3 is 10.1 Å². The Balaban J connectivity index is 2.32. The van der Waals surface area contributed by atoms with Crippen LogP contribution in [0.2, 0.25) is 0 Å². The number of aromatic hydroxyl groups is 2. The van der Waals surface area contributed by atoms with Gasteiger partial charge < -0.3 is 15.3 Å². The first-order valence-corrected chi connectivity index (χ1v) is 8.75. The normalized spacial score (nSPS) is 11.5. The second kappa shape index (κ2) is 6.59. The summed E-state index contributed by atoms with van der Waals surface area (Å²) in [6.45, 7) is -0.266. The zero-order chi connectivity index (χ0) is 16.3. The van der Waals surface area contributed by atoms with Gasteiger partial charge in [0.2, 0.25) is 11.8 Å². The first kappa shape index (κ1) is 16.7. The Morgan fingerprint density at radius 2 is 1.82 bits per heavy atom. The van der Waals surface area contributed by atoms with E-state index in [1.807, 2.05) is 0 Å². The Hall–Kier alpha value is -1.71. The van der Waals surface area contributed by atoms with Crippen LogP contribution in [0.15, 0.2) is 35.2 Å². The van der Waals surface area contributed by atoms with Crippen LogP contribution in [0.5, 0.6) is 11.8 Å². The van der Waals surface area contributed by atoms with Crippen molar-refractivity contribution in [3.8, 4) is 11.8 Å². The summed E-state index contributed by atoms with van der Waals surface area (Å²) in [4.78, 5) is -0.117. The number of aliphatic hydroxyl groups excluding tert-OH is 1. The molecule has 0 atom stereocenters. The van der Waals surface area contributed by atoms with Gasteiger partial charge in [-0.05, 0) is 17.7 Å². The molecule has 2 rings (SSSR count). The molecule has 1 heterocycles. The molecule has 1 aromatic heterocycles. The second-order valence-corrected chi connectivity index (χ2v) is 6.52.